The lowest BCUT2D eigenvalue weighted by molar-refractivity contribution is 0.591. The van der Waals surface area contributed by atoms with Crippen molar-refractivity contribution in [3.8, 4) is 0 Å². The molecule has 1 N–H and O–H groups in total. The van der Waals surface area contributed by atoms with Crippen molar-refractivity contribution < 1.29 is 0 Å². The lowest BCUT2D eigenvalue weighted by Crippen LogP contribution is -2.21. The third-order valence-electron chi connectivity index (χ3n) is 3.41. The molecule has 21 heavy (non-hydrogen) atoms. The minimum Gasteiger partial charge on any atom is -0.318 e. The van der Waals surface area contributed by atoms with Crippen LogP contribution < -0.4 is 10.2 Å². The van der Waals surface area contributed by atoms with Crippen molar-refractivity contribution in [2.75, 3.05) is 11.4 Å². The Morgan fingerprint density at radius 2 is 2.05 bits per heavy atom. The molecule has 114 valence electrons. The number of hydrogen-bond acceptors (Lipinski definition) is 4. The molecule has 0 aliphatic rings. The molecule has 0 aliphatic carbocycles. The highest BCUT2D eigenvalue weighted by atomic mass is 32.1. The fourth-order valence-electron chi connectivity index (χ4n) is 2.21. The number of aryl methyl sites for hydroxylation is 2. The van der Waals surface area contributed by atoms with Gasteiger partial charge in [-0.25, -0.2) is 4.98 Å². The molecule has 0 saturated carbocycles. The summed E-state index contributed by atoms with van der Waals surface area (Å²) in [6.45, 7) is 12.6. The molecule has 0 amide bonds. The van der Waals surface area contributed by atoms with Crippen molar-refractivity contribution in [2.24, 2.45) is 0 Å². The first kappa shape index (κ1) is 16.0. The zero-order valence-corrected chi connectivity index (χ0v) is 14.4. The van der Waals surface area contributed by atoms with Crippen molar-refractivity contribution in [3.63, 3.8) is 0 Å². The minimum absolute atomic E-state index is 0.494. The van der Waals surface area contributed by atoms with Crippen LogP contribution in [0.3, 0.4) is 0 Å². The van der Waals surface area contributed by atoms with Crippen molar-refractivity contribution in [3.05, 3.63) is 40.4 Å². The van der Waals surface area contributed by atoms with Crippen LogP contribution in [0.25, 0.3) is 0 Å². The van der Waals surface area contributed by atoms with E-state index in [1.54, 1.807) is 11.3 Å². The fourth-order valence-corrected chi connectivity index (χ4v) is 3.31. The van der Waals surface area contributed by atoms with Gasteiger partial charge in [0.15, 0.2) is 5.13 Å². The summed E-state index contributed by atoms with van der Waals surface area (Å²) in [6, 6.07) is 9.09. The molecule has 3 nitrogen and oxygen atoms in total. The number of nitrogens with one attached hydrogen (secondary N) is 1. The Morgan fingerprint density at radius 3 is 2.67 bits per heavy atom. The quantitative estimate of drug-likeness (QED) is 0.856. The minimum atomic E-state index is 0.494. The summed E-state index contributed by atoms with van der Waals surface area (Å²) in [7, 11) is 0. The molecule has 0 unspecified atom stereocenters. The van der Waals surface area contributed by atoms with Gasteiger partial charge in [0.25, 0.3) is 0 Å². The zero-order chi connectivity index (χ0) is 15.4. The SMILES string of the molecule is CCN(c1cccc(C)c1)c1nc(C)c(CNC(C)C)s1. The summed E-state index contributed by atoms with van der Waals surface area (Å²) >= 11 is 1.79. The van der Waals surface area contributed by atoms with Crippen LogP contribution in [0.15, 0.2) is 24.3 Å². The van der Waals surface area contributed by atoms with E-state index in [1.165, 1.54) is 16.1 Å². The molecule has 0 bridgehead atoms. The smallest absolute Gasteiger partial charge is 0.190 e. The van der Waals surface area contributed by atoms with E-state index in [-0.39, 0.29) is 0 Å². The van der Waals surface area contributed by atoms with E-state index in [4.69, 9.17) is 4.98 Å². The first-order valence-corrected chi connectivity index (χ1v) is 8.36. The Kier molecular flexibility index (Phi) is 5.37. The maximum atomic E-state index is 4.77. The topological polar surface area (TPSA) is 28.2 Å². The number of rotatable bonds is 6. The first-order valence-electron chi connectivity index (χ1n) is 7.55. The number of hydrogen-bond donors (Lipinski definition) is 1. The molecular weight excluding hydrogens is 278 g/mol. The molecule has 0 fully saturated rings. The summed E-state index contributed by atoms with van der Waals surface area (Å²) in [5.41, 5.74) is 3.63. The van der Waals surface area contributed by atoms with Gasteiger partial charge in [0.2, 0.25) is 0 Å². The van der Waals surface area contributed by atoms with Crippen molar-refractivity contribution in [1.82, 2.24) is 10.3 Å². The van der Waals surface area contributed by atoms with E-state index in [2.05, 4.69) is 69.1 Å². The Hall–Kier alpha value is -1.39. The Morgan fingerprint density at radius 1 is 1.29 bits per heavy atom. The van der Waals surface area contributed by atoms with Crippen LogP contribution in [0.5, 0.6) is 0 Å². The largest absolute Gasteiger partial charge is 0.318 e. The molecular formula is C17H25N3S. The predicted octanol–water partition coefficient (Wildman–Crippen LogP) is 4.42. The Balaban J connectivity index is 2.25. The van der Waals surface area contributed by atoms with Gasteiger partial charge in [-0.05, 0) is 38.5 Å². The van der Waals surface area contributed by atoms with E-state index < -0.39 is 0 Å². The number of anilines is 2. The third kappa shape index (κ3) is 4.05. The van der Waals surface area contributed by atoms with Gasteiger partial charge >= 0.3 is 0 Å². The van der Waals surface area contributed by atoms with Gasteiger partial charge in [0, 0.05) is 29.7 Å². The molecule has 1 heterocycles. The zero-order valence-electron chi connectivity index (χ0n) is 13.6. The first-order chi connectivity index (χ1) is 10.0. The molecule has 1 aromatic carbocycles. The van der Waals surface area contributed by atoms with Crippen LogP contribution in [0.2, 0.25) is 0 Å². The maximum Gasteiger partial charge on any atom is 0.190 e. The van der Waals surface area contributed by atoms with Gasteiger partial charge in [-0.1, -0.05) is 37.3 Å². The van der Waals surface area contributed by atoms with Crippen LogP contribution in [-0.2, 0) is 6.54 Å². The van der Waals surface area contributed by atoms with Gasteiger partial charge in [0.05, 0.1) is 5.69 Å². The number of benzene rings is 1. The summed E-state index contributed by atoms with van der Waals surface area (Å²) in [6.07, 6.45) is 0. The number of nitrogens with zero attached hydrogens (tertiary/aromatic N) is 2. The van der Waals surface area contributed by atoms with Crippen LogP contribution in [0.1, 0.15) is 36.9 Å². The van der Waals surface area contributed by atoms with Crippen LogP contribution in [0.4, 0.5) is 10.8 Å². The molecule has 0 spiro atoms. The van der Waals surface area contributed by atoms with E-state index in [9.17, 15) is 0 Å². The molecule has 2 rings (SSSR count). The Bertz CT molecular complexity index is 589. The van der Waals surface area contributed by atoms with Gasteiger partial charge < -0.3 is 10.2 Å². The second kappa shape index (κ2) is 7.05. The molecule has 4 heteroatoms. The third-order valence-corrected chi connectivity index (χ3v) is 4.59. The normalized spacial score (nSPS) is 11.1. The highest BCUT2D eigenvalue weighted by Crippen LogP contribution is 2.31. The van der Waals surface area contributed by atoms with E-state index in [1.807, 2.05) is 0 Å². The summed E-state index contributed by atoms with van der Waals surface area (Å²) < 4.78 is 0. The second-order valence-corrected chi connectivity index (χ2v) is 6.69. The van der Waals surface area contributed by atoms with E-state index in [0.29, 0.717) is 6.04 Å². The molecule has 0 aliphatic heterocycles. The Labute approximate surface area is 132 Å². The second-order valence-electron chi connectivity index (χ2n) is 5.62. The molecule has 0 saturated heterocycles. The summed E-state index contributed by atoms with van der Waals surface area (Å²) in [4.78, 5) is 8.38. The monoisotopic (exact) mass is 303 g/mol. The summed E-state index contributed by atoms with van der Waals surface area (Å²) in [5.74, 6) is 0. The number of aromatic nitrogens is 1. The van der Waals surface area contributed by atoms with Crippen molar-refractivity contribution in [1.29, 1.82) is 0 Å². The van der Waals surface area contributed by atoms with Gasteiger partial charge in [-0.3, -0.25) is 0 Å². The number of thiazole rings is 1. The van der Waals surface area contributed by atoms with E-state index in [0.717, 1.165) is 23.9 Å². The fraction of sp³-hybridized carbons (Fsp3) is 0.471. The predicted molar refractivity (Wildman–Crippen MR) is 92.7 cm³/mol. The van der Waals surface area contributed by atoms with Crippen molar-refractivity contribution >= 4 is 22.2 Å². The highest BCUT2D eigenvalue weighted by molar-refractivity contribution is 7.15. The average molecular weight is 303 g/mol. The molecule has 0 radical (unpaired) electrons. The van der Waals surface area contributed by atoms with Gasteiger partial charge in [-0.2, -0.15) is 0 Å². The van der Waals surface area contributed by atoms with Crippen LogP contribution >= 0.6 is 11.3 Å². The average Bonchev–Trinajstić information content (AvgIpc) is 2.78. The van der Waals surface area contributed by atoms with E-state index >= 15 is 0 Å². The summed E-state index contributed by atoms with van der Waals surface area (Å²) in [5, 5.41) is 4.56. The molecule has 2 aromatic rings. The van der Waals surface area contributed by atoms with Gasteiger partial charge in [0.1, 0.15) is 0 Å². The molecule has 0 atom stereocenters. The van der Waals surface area contributed by atoms with Crippen LogP contribution in [-0.4, -0.2) is 17.6 Å². The van der Waals surface area contributed by atoms with Crippen LogP contribution in [0, 0.1) is 13.8 Å². The lowest BCUT2D eigenvalue weighted by Gasteiger charge is -2.20. The highest BCUT2D eigenvalue weighted by Gasteiger charge is 2.14. The van der Waals surface area contributed by atoms with Gasteiger partial charge in [-0.15, -0.1) is 0 Å². The standard InChI is InChI=1S/C17H25N3S/c1-6-20(15-9-7-8-13(4)10-15)17-19-14(5)16(21-17)11-18-12(2)3/h7-10,12,18H,6,11H2,1-5H3. The van der Waals surface area contributed by atoms with Crippen molar-refractivity contribution in [2.45, 2.75) is 47.2 Å². The lowest BCUT2D eigenvalue weighted by atomic mass is 10.2. The maximum absolute atomic E-state index is 4.77. The molecule has 1 aromatic heterocycles.